The Labute approximate surface area is 75.8 Å². The molecule has 0 aliphatic rings. The predicted octanol–water partition coefficient (Wildman–Crippen LogP) is 2.01. The van der Waals surface area contributed by atoms with Crippen LogP contribution in [0.4, 0.5) is 0 Å². The zero-order valence-electron chi connectivity index (χ0n) is 4.80. The van der Waals surface area contributed by atoms with E-state index in [4.69, 9.17) is 0 Å². The minimum Gasteiger partial charge on any atom is -0.213 e. The van der Waals surface area contributed by atoms with Crippen molar-refractivity contribution in [2.24, 2.45) is 0 Å². The summed E-state index contributed by atoms with van der Waals surface area (Å²) < 4.78 is 5.13. The van der Waals surface area contributed by atoms with Gasteiger partial charge in [0, 0.05) is 0 Å². The maximum absolute atomic E-state index is 4.17. The number of nitrogens with zero attached hydrogens (tertiary/aromatic N) is 2. The van der Waals surface area contributed by atoms with Gasteiger partial charge in [0.1, 0.15) is 0 Å². The van der Waals surface area contributed by atoms with Crippen LogP contribution in [0.5, 0.6) is 0 Å². The summed E-state index contributed by atoms with van der Waals surface area (Å²) in [5.41, 5.74) is 0. The highest BCUT2D eigenvalue weighted by Gasteiger charge is 1.97. The van der Waals surface area contributed by atoms with E-state index < -0.39 is 0 Å². The topological polar surface area (TPSA) is 25.8 Å². The molecule has 0 aliphatic carbocycles. The fourth-order valence-electron chi connectivity index (χ4n) is 0.420. The number of hydrogen-bond acceptors (Lipinski definition) is 4. The first kappa shape index (κ1) is 7.74. The van der Waals surface area contributed by atoms with Gasteiger partial charge in [-0.05, 0) is 40.4 Å². The van der Waals surface area contributed by atoms with Crippen molar-refractivity contribution < 1.29 is 0 Å². The Morgan fingerprint density at radius 1 is 1.78 bits per heavy atom. The van der Waals surface area contributed by atoms with Crippen LogP contribution in [-0.4, -0.2) is 15.6 Å². The monoisotopic (exact) mass is 272 g/mol. The Morgan fingerprint density at radius 3 is 3.00 bits per heavy atom. The molecule has 50 valence electrons. The number of thioether (sulfide) groups is 1. The third-order valence-electron chi connectivity index (χ3n) is 0.717. The van der Waals surface area contributed by atoms with E-state index in [1.54, 1.807) is 11.8 Å². The molecule has 0 aliphatic heterocycles. The average Bonchev–Trinajstić information content (AvgIpc) is 2.17. The molecule has 0 radical (unpaired) electrons. The van der Waals surface area contributed by atoms with Gasteiger partial charge in [0.05, 0.1) is 5.75 Å². The molecule has 1 heterocycles. The van der Waals surface area contributed by atoms with Gasteiger partial charge in [0.25, 0.3) is 0 Å². The minimum atomic E-state index is 0.930. The first-order valence-corrected chi connectivity index (χ1v) is 5.54. The van der Waals surface area contributed by atoms with Crippen molar-refractivity contribution in [1.29, 1.82) is 0 Å². The lowest BCUT2D eigenvalue weighted by molar-refractivity contribution is 1.13. The second-order valence-corrected chi connectivity index (χ2v) is 4.77. The van der Waals surface area contributed by atoms with E-state index in [0.717, 1.165) is 14.6 Å². The fourth-order valence-corrected chi connectivity index (χ4v) is 1.90. The molecule has 1 aromatic heterocycles. The lowest BCUT2D eigenvalue weighted by Crippen LogP contribution is -1.80. The Bertz CT molecular complexity index is 188. The summed E-state index contributed by atoms with van der Waals surface area (Å²) in [7, 11) is 0. The molecule has 1 aromatic rings. The van der Waals surface area contributed by atoms with E-state index in [0.29, 0.717) is 0 Å². The van der Waals surface area contributed by atoms with Gasteiger partial charge in [0.2, 0.25) is 0 Å². The number of rotatable bonds is 2. The van der Waals surface area contributed by atoms with Gasteiger partial charge in [-0.25, -0.2) is 4.98 Å². The minimum absolute atomic E-state index is 0.930. The van der Waals surface area contributed by atoms with Crippen LogP contribution in [0.25, 0.3) is 0 Å². The molecular weight excluding hydrogens is 267 g/mol. The van der Waals surface area contributed by atoms with Crippen LogP contribution >= 0.6 is 45.9 Å². The maximum Gasteiger partial charge on any atom is 0.174 e. The summed E-state index contributed by atoms with van der Waals surface area (Å²) in [6, 6.07) is 0. The molecular formula is C4H5IN2S2. The summed E-state index contributed by atoms with van der Waals surface area (Å²) in [5.74, 6) is 1.89. The second kappa shape index (κ2) is 3.72. The van der Waals surface area contributed by atoms with Gasteiger partial charge in [0.15, 0.2) is 8.84 Å². The smallest absolute Gasteiger partial charge is 0.174 e. The molecule has 5 heteroatoms. The largest absolute Gasteiger partial charge is 0.213 e. The summed E-state index contributed by atoms with van der Waals surface area (Å²) in [4.78, 5) is 4.17. The highest BCUT2D eigenvalue weighted by molar-refractivity contribution is 14.1. The lowest BCUT2D eigenvalue weighted by Gasteiger charge is -1.83. The lowest BCUT2D eigenvalue weighted by atomic mass is 10.7. The highest BCUT2D eigenvalue weighted by atomic mass is 127. The van der Waals surface area contributed by atoms with Crippen LogP contribution in [0.15, 0.2) is 0 Å². The molecule has 0 amide bonds. The molecule has 0 atom stereocenters. The molecule has 0 bridgehead atoms. The standard InChI is InChI=1S/C4H5IN2S2/c1-8-2-3-6-4(5)9-7-3/h2H2,1H3. The van der Waals surface area contributed by atoms with Gasteiger partial charge in [-0.3, -0.25) is 0 Å². The summed E-state index contributed by atoms with van der Waals surface area (Å²) in [6.07, 6.45) is 2.05. The molecule has 0 spiro atoms. The molecule has 0 saturated carbocycles. The van der Waals surface area contributed by atoms with Gasteiger partial charge in [-0.2, -0.15) is 16.1 Å². The number of halogens is 1. The van der Waals surface area contributed by atoms with E-state index in [-0.39, 0.29) is 0 Å². The Balaban J connectivity index is 2.61. The SMILES string of the molecule is CSCc1nsc(I)n1. The summed E-state index contributed by atoms with van der Waals surface area (Å²) >= 11 is 5.38. The fraction of sp³-hybridized carbons (Fsp3) is 0.500. The van der Waals surface area contributed by atoms with Crippen LogP contribution in [0.1, 0.15) is 5.82 Å². The van der Waals surface area contributed by atoms with Crippen molar-refractivity contribution in [1.82, 2.24) is 9.36 Å². The van der Waals surface area contributed by atoms with Crippen LogP contribution in [0, 0.1) is 3.01 Å². The molecule has 2 nitrogen and oxygen atoms in total. The molecule has 0 aromatic carbocycles. The van der Waals surface area contributed by atoms with Crippen LogP contribution in [-0.2, 0) is 5.75 Å². The first-order chi connectivity index (χ1) is 4.33. The van der Waals surface area contributed by atoms with E-state index in [9.17, 15) is 0 Å². The van der Waals surface area contributed by atoms with Gasteiger partial charge in [-0.1, -0.05) is 0 Å². The van der Waals surface area contributed by atoms with E-state index in [1.165, 1.54) is 11.5 Å². The van der Waals surface area contributed by atoms with E-state index >= 15 is 0 Å². The van der Waals surface area contributed by atoms with Crippen molar-refractivity contribution in [3.63, 3.8) is 0 Å². The number of aromatic nitrogens is 2. The van der Waals surface area contributed by atoms with Crippen LogP contribution in [0.3, 0.4) is 0 Å². The van der Waals surface area contributed by atoms with Crippen molar-refractivity contribution in [3.05, 3.63) is 8.84 Å². The number of hydrogen-bond donors (Lipinski definition) is 0. The van der Waals surface area contributed by atoms with Gasteiger partial charge in [-0.15, -0.1) is 0 Å². The molecule has 9 heavy (non-hydrogen) atoms. The van der Waals surface area contributed by atoms with Gasteiger partial charge < -0.3 is 0 Å². The zero-order chi connectivity index (χ0) is 6.69. The van der Waals surface area contributed by atoms with Crippen molar-refractivity contribution in [2.45, 2.75) is 5.75 Å². The maximum atomic E-state index is 4.17. The van der Waals surface area contributed by atoms with E-state index in [1.807, 2.05) is 6.26 Å². The van der Waals surface area contributed by atoms with Crippen molar-refractivity contribution >= 4 is 45.9 Å². The third-order valence-corrected chi connectivity index (χ3v) is 2.64. The normalized spacial score (nSPS) is 10.0. The van der Waals surface area contributed by atoms with Gasteiger partial charge >= 0.3 is 0 Å². The predicted molar refractivity (Wildman–Crippen MR) is 49.8 cm³/mol. The van der Waals surface area contributed by atoms with Crippen molar-refractivity contribution in [3.8, 4) is 0 Å². The highest BCUT2D eigenvalue weighted by Crippen LogP contribution is 2.10. The zero-order valence-corrected chi connectivity index (χ0v) is 8.59. The second-order valence-electron chi connectivity index (χ2n) is 1.40. The third kappa shape index (κ3) is 2.38. The molecule has 1 rings (SSSR count). The van der Waals surface area contributed by atoms with Crippen LogP contribution in [0.2, 0.25) is 0 Å². The molecule has 0 fully saturated rings. The molecule has 0 saturated heterocycles. The van der Waals surface area contributed by atoms with E-state index in [2.05, 4.69) is 31.9 Å². The van der Waals surface area contributed by atoms with Crippen LogP contribution < -0.4 is 0 Å². The Morgan fingerprint density at radius 2 is 2.56 bits per heavy atom. The average molecular weight is 272 g/mol. The summed E-state index contributed by atoms with van der Waals surface area (Å²) in [5, 5.41) is 0. The Hall–Kier alpha value is 0.640. The molecule has 0 unspecified atom stereocenters. The Kier molecular flexibility index (Phi) is 3.20. The summed E-state index contributed by atoms with van der Waals surface area (Å²) in [6.45, 7) is 0. The first-order valence-electron chi connectivity index (χ1n) is 2.30. The van der Waals surface area contributed by atoms with Crippen molar-refractivity contribution in [2.75, 3.05) is 6.26 Å². The quantitative estimate of drug-likeness (QED) is 0.770. The molecule has 0 N–H and O–H groups in total.